The Morgan fingerprint density at radius 3 is 2.61 bits per heavy atom. The van der Waals surface area contributed by atoms with Gasteiger partial charge in [0.1, 0.15) is 4.88 Å². The molecule has 6 heteroatoms. The zero-order valence-electron chi connectivity index (χ0n) is 9.54. The number of ether oxygens (including phenoxy) is 1. The number of pyridine rings is 1. The van der Waals surface area contributed by atoms with Crippen molar-refractivity contribution >= 4 is 28.2 Å². The van der Waals surface area contributed by atoms with E-state index in [2.05, 4.69) is 15.0 Å². The predicted octanol–water partition coefficient (Wildman–Crippen LogP) is 2.18. The molecule has 0 aliphatic heterocycles. The number of nitrogens with zero attached hydrogens (tertiary/aromatic N) is 1. The Morgan fingerprint density at radius 1 is 1.22 bits per heavy atom. The Kier molecular flexibility index (Phi) is 3.69. The summed E-state index contributed by atoms with van der Waals surface area (Å²) >= 11 is 1.17. The zero-order valence-corrected chi connectivity index (χ0v) is 10.4. The number of anilines is 1. The Hall–Kier alpha value is -2.21. The molecule has 0 aromatic carbocycles. The van der Waals surface area contributed by atoms with Crippen molar-refractivity contribution in [3.63, 3.8) is 0 Å². The van der Waals surface area contributed by atoms with E-state index in [1.807, 2.05) is 0 Å². The molecule has 0 atom stereocenters. The second kappa shape index (κ2) is 5.42. The van der Waals surface area contributed by atoms with Gasteiger partial charge in [0.15, 0.2) is 0 Å². The molecule has 0 radical (unpaired) electrons. The van der Waals surface area contributed by atoms with Crippen LogP contribution in [-0.2, 0) is 4.74 Å². The summed E-state index contributed by atoms with van der Waals surface area (Å²) in [6.45, 7) is 0. The minimum atomic E-state index is -0.413. The number of carbonyl (C=O) groups is 2. The SMILES string of the molecule is COC(=O)c1ccc(NC(=O)c2ccncc2)s1. The molecule has 2 aromatic heterocycles. The van der Waals surface area contributed by atoms with Crippen LogP contribution in [0.4, 0.5) is 5.00 Å². The van der Waals surface area contributed by atoms with Crippen LogP contribution in [0.3, 0.4) is 0 Å². The number of aromatic nitrogens is 1. The Balaban J connectivity index is 2.08. The van der Waals surface area contributed by atoms with Gasteiger partial charge >= 0.3 is 5.97 Å². The molecule has 18 heavy (non-hydrogen) atoms. The summed E-state index contributed by atoms with van der Waals surface area (Å²) in [6.07, 6.45) is 3.09. The minimum absolute atomic E-state index is 0.240. The molecule has 0 aliphatic rings. The molecule has 1 amide bonds. The first-order chi connectivity index (χ1) is 8.70. The van der Waals surface area contributed by atoms with Crippen LogP contribution in [0.15, 0.2) is 36.7 Å². The molecule has 92 valence electrons. The Bertz CT molecular complexity index is 566. The molecule has 2 aromatic rings. The average molecular weight is 262 g/mol. The second-order valence-electron chi connectivity index (χ2n) is 3.35. The van der Waals surface area contributed by atoms with Gasteiger partial charge in [-0.15, -0.1) is 11.3 Å². The van der Waals surface area contributed by atoms with Crippen molar-refractivity contribution in [2.24, 2.45) is 0 Å². The summed E-state index contributed by atoms with van der Waals surface area (Å²) < 4.78 is 4.59. The number of nitrogens with one attached hydrogen (secondary N) is 1. The second-order valence-corrected chi connectivity index (χ2v) is 4.43. The summed E-state index contributed by atoms with van der Waals surface area (Å²) in [5.74, 6) is -0.653. The molecule has 0 aliphatic carbocycles. The van der Waals surface area contributed by atoms with Gasteiger partial charge in [-0.05, 0) is 24.3 Å². The lowest BCUT2D eigenvalue weighted by Crippen LogP contribution is -2.10. The third kappa shape index (κ3) is 2.72. The van der Waals surface area contributed by atoms with Crippen LogP contribution in [0.2, 0.25) is 0 Å². The third-order valence-electron chi connectivity index (χ3n) is 2.17. The van der Waals surface area contributed by atoms with Gasteiger partial charge in [-0.3, -0.25) is 9.78 Å². The van der Waals surface area contributed by atoms with E-state index in [4.69, 9.17) is 0 Å². The Labute approximate surface area is 107 Å². The standard InChI is InChI=1S/C12H10N2O3S/c1-17-12(16)9-2-3-10(18-9)14-11(15)8-4-6-13-7-5-8/h2-7H,1H3,(H,14,15). The molecule has 5 nitrogen and oxygen atoms in total. The number of amides is 1. The maximum absolute atomic E-state index is 11.8. The molecule has 0 saturated heterocycles. The quantitative estimate of drug-likeness (QED) is 0.861. The van der Waals surface area contributed by atoms with E-state index in [9.17, 15) is 9.59 Å². The molecular formula is C12H10N2O3S. The summed E-state index contributed by atoms with van der Waals surface area (Å²) in [6, 6.07) is 6.50. The number of methoxy groups -OCH3 is 1. The average Bonchev–Trinajstić information content (AvgIpc) is 2.87. The van der Waals surface area contributed by atoms with Gasteiger partial charge in [0.25, 0.3) is 5.91 Å². The lowest BCUT2D eigenvalue weighted by atomic mass is 10.2. The van der Waals surface area contributed by atoms with Crippen molar-refractivity contribution < 1.29 is 14.3 Å². The highest BCUT2D eigenvalue weighted by Gasteiger charge is 2.11. The summed E-state index contributed by atoms with van der Waals surface area (Å²) in [5, 5.41) is 3.30. The fourth-order valence-corrected chi connectivity index (χ4v) is 2.12. The van der Waals surface area contributed by atoms with Crippen LogP contribution < -0.4 is 5.32 Å². The van der Waals surface area contributed by atoms with E-state index >= 15 is 0 Å². The smallest absolute Gasteiger partial charge is 0.348 e. The summed E-state index contributed by atoms with van der Waals surface area (Å²) in [5.41, 5.74) is 0.512. The molecule has 2 rings (SSSR count). The van der Waals surface area contributed by atoms with Gasteiger partial charge in [-0.2, -0.15) is 0 Å². The van der Waals surface area contributed by atoms with Gasteiger partial charge in [0.2, 0.25) is 0 Å². The van der Waals surface area contributed by atoms with Crippen molar-refractivity contribution in [1.29, 1.82) is 0 Å². The van der Waals surface area contributed by atoms with Crippen LogP contribution in [-0.4, -0.2) is 24.0 Å². The molecule has 0 unspecified atom stereocenters. The predicted molar refractivity (Wildman–Crippen MR) is 67.8 cm³/mol. The van der Waals surface area contributed by atoms with Crippen molar-refractivity contribution in [3.05, 3.63) is 47.1 Å². The monoisotopic (exact) mass is 262 g/mol. The van der Waals surface area contributed by atoms with E-state index < -0.39 is 5.97 Å². The van der Waals surface area contributed by atoms with Crippen LogP contribution in [0.5, 0.6) is 0 Å². The van der Waals surface area contributed by atoms with Crippen LogP contribution >= 0.6 is 11.3 Å². The highest BCUT2D eigenvalue weighted by atomic mass is 32.1. The minimum Gasteiger partial charge on any atom is -0.465 e. The lowest BCUT2D eigenvalue weighted by molar-refractivity contribution is 0.0606. The molecular weight excluding hydrogens is 252 g/mol. The number of thiophene rings is 1. The van der Waals surface area contributed by atoms with Gasteiger partial charge in [0.05, 0.1) is 12.1 Å². The fraction of sp³-hybridized carbons (Fsp3) is 0.0833. The first-order valence-corrected chi connectivity index (χ1v) is 5.92. The number of rotatable bonds is 3. The number of hydrogen-bond acceptors (Lipinski definition) is 5. The first-order valence-electron chi connectivity index (χ1n) is 5.10. The number of carbonyl (C=O) groups excluding carboxylic acids is 2. The maximum Gasteiger partial charge on any atom is 0.348 e. The van der Waals surface area contributed by atoms with E-state index in [0.717, 1.165) is 0 Å². The molecule has 1 N–H and O–H groups in total. The third-order valence-corrected chi connectivity index (χ3v) is 3.15. The van der Waals surface area contributed by atoms with Gasteiger partial charge in [-0.1, -0.05) is 0 Å². The highest BCUT2D eigenvalue weighted by Crippen LogP contribution is 2.22. The molecule has 2 heterocycles. The van der Waals surface area contributed by atoms with E-state index in [1.54, 1.807) is 36.7 Å². The zero-order chi connectivity index (χ0) is 13.0. The lowest BCUT2D eigenvalue weighted by Gasteiger charge is -2.01. The largest absolute Gasteiger partial charge is 0.465 e. The van der Waals surface area contributed by atoms with E-state index in [1.165, 1.54) is 18.4 Å². The van der Waals surface area contributed by atoms with E-state index in [0.29, 0.717) is 15.4 Å². The number of hydrogen-bond donors (Lipinski definition) is 1. The molecule has 0 spiro atoms. The van der Waals surface area contributed by atoms with Crippen LogP contribution in [0, 0.1) is 0 Å². The van der Waals surface area contributed by atoms with Crippen molar-refractivity contribution in [2.75, 3.05) is 12.4 Å². The Morgan fingerprint density at radius 2 is 1.94 bits per heavy atom. The molecule has 0 saturated carbocycles. The summed E-state index contributed by atoms with van der Waals surface area (Å²) in [7, 11) is 1.32. The van der Waals surface area contributed by atoms with E-state index in [-0.39, 0.29) is 5.91 Å². The number of esters is 1. The van der Waals surface area contributed by atoms with Gasteiger partial charge in [0, 0.05) is 18.0 Å². The van der Waals surface area contributed by atoms with Crippen molar-refractivity contribution in [3.8, 4) is 0 Å². The normalized spacial score (nSPS) is 9.83. The van der Waals surface area contributed by atoms with Gasteiger partial charge in [-0.25, -0.2) is 4.79 Å². The summed E-state index contributed by atoms with van der Waals surface area (Å²) in [4.78, 5) is 27.3. The van der Waals surface area contributed by atoms with Gasteiger partial charge < -0.3 is 10.1 Å². The van der Waals surface area contributed by atoms with Crippen molar-refractivity contribution in [2.45, 2.75) is 0 Å². The maximum atomic E-state index is 11.8. The molecule has 0 fully saturated rings. The van der Waals surface area contributed by atoms with Crippen LogP contribution in [0.25, 0.3) is 0 Å². The highest BCUT2D eigenvalue weighted by molar-refractivity contribution is 7.18. The fourth-order valence-electron chi connectivity index (χ4n) is 1.30. The first kappa shape index (κ1) is 12.3. The van der Waals surface area contributed by atoms with Crippen molar-refractivity contribution in [1.82, 2.24) is 4.98 Å². The van der Waals surface area contributed by atoms with Crippen LogP contribution in [0.1, 0.15) is 20.0 Å². The molecule has 0 bridgehead atoms. The topological polar surface area (TPSA) is 68.3 Å².